The minimum atomic E-state index is -0.157. The van der Waals surface area contributed by atoms with E-state index in [1.165, 1.54) is 11.3 Å². The van der Waals surface area contributed by atoms with Crippen LogP contribution >= 0.6 is 11.3 Å². The van der Waals surface area contributed by atoms with Crippen LogP contribution in [0.4, 0.5) is 0 Å². The fourth-order valence-electron chi connectivity index (χ4n) is 1.91. The van der Waals surface area contributed by atoms with Crippen LogP contribution in [0.1, 0.15) is 11.1 Å². The van der Waals surface area contributed by atoms with Gasteiger partial charge in [0.05, 0.1) is 12.0 Å². The van der Waals surface area contributed by atoms with E-state index in [9.17, 15) is 4.79 Å². The molecule has 0 aliphatic heterocycles. The summed E-state index contributed by atoms with van der Waals surface area (Å²) in [4.78, 5) is 24.1. The third-order valence-corrected chi connectivity index (χ3v) is 3.87. The summed E-state index contributed by atoms with van der Waals surface area (Å²) >= 11 is 1.44. The van der Waals surface area contributed by atoms with E-state index in [2.05, 4.69) is 15.0 Å². The lowest BCUT2D eigenvalue weighted by Gasteiger charge is -2.02. The third kappa shape index (κ3) is 2.05. The van der Waals surface area contributed by atoms with Gasteiger partial charge >= 0.3 is 0 Å². The van der Waals surface area contributed by atoms with Gasteiger partial charge in [0.2, 0.25) is 0 Å². The molecule has 3 rings (SSSR count). The number of aliphatic hydroxyl groups is 1. The molecular formula is C13H11N3O2S. The monoisotopic (exact) mass is 273 g/mol. The summed E-state index contributed by atoms with van der Waals surface area (Å²) in [6.07, 6.45) is 1.59. The number of H-pyrrole nitrogens is 1. The van der Waals surface area contributed by atoms with Crippen LogP contribution in [0.15, 0.2) is 28.5 Å². The Kier molecular flexibility index (Phi) is 2.88. The molecule has 0 aliphatic carbocycles. The molecule has 0 atom stereocenters. The zero-order valence-electron chi connectivity index (χ0n) is 10.2. The van der Waals surface area contributed by atoms with Gasteiger partial charge in [0.15, 0.2) is 5.82 Å². The number of nitrogens with one attached hydrogen (secondary N) is 1. The number of pyridine rings is 1. The molecule has 19 heavy (non-hydrogen) atoms. The van der Waals surface area contributed by atoms with Gasteiger partial charge in [-0.1, -0.05) is 0 Å². The summed E-state index contributed by atoms with van der Waals surface area (Å²) in [7, 11) is 0. The summed E-state index contributed by atoms with van der Waals surface area (Å²) in [5, 5.41) is 11.7. The molecule has 5 nitrogen and oxygen atoms in total. The van der Waals surface area contributed by atoms with Crippen LogP contribution < -0.4 is 5.56 Å². The molecule has 3 aromatic rings. The average molecular weight is 273 g/mol. The van der Waals surface area contributed by atoms with E-state index in [-0.39, 0.29) is 12.2 Å². The Bertz CT molecular complexity index is 807. The van der Waals surface area contributed by atoms with Crippen molar-refractivity contribution in [3.8, 4) is 11.5 Å². The van der Waals surface area contributed by atoms with Gasteiger partial charge in [-0.25, -0.2) is 4.98 Å². The Morgan fingerprint density at radius 2 is 2.32 bits per heavy atom. The molecule has 96 valence electrons. The molecule has 0 unspecified atom stereocenters. The summed E-state index contributed by atoms with van der Waals surface area (Å²) < 4.78 is 0. The van der Waals surface area contributed by atoms with E-state index >= 15 is 0 Å². The van der Waals surface area contributed by atoms with E-state index in [1.54, 1.807) is 18.3 Å². The van der Waals surface area contributed by atoms with Crippen LogP contribution in [0, 0.1) is 6.92 Å². The number of aryl methyl sites for hydroxylation is 1. The quantitative estimate of drug-likeness (QED) is 0.747. The first-order valence-electron chi connectivity index (χ1n) is 5.73. The standard InChI is InChI=1S/C13H11N3O2S/c1-7-6-19-13-10(7)12(18)15-11(16-13)9-4-8(5-17)2-3-14-9/h2-4,6,17H,5H2,1H3,(H,15,16,18). The molecule has 0 saturated carbocycles. The number of fused-ring (bicyclic) bond motifs is 1. The molecule has 2 N–H and O–H groups in total. The molecule has 0 aliphatic rings. The molecule has 6 heteroatoms. The van der Waals surface area contributed by atoms with Gasteiger partial charge in [0.1, 0.15) is 10.5 Å². The van der Waals surface area contributed by atoms with Crippen LogP contribution in [-0.2, 0) is 6.61 Å². The van der Waals surface area contributed by atoms with E-state index in [1.807, 2.05) is 12.3 Å². The van der Waals surface area contributed by atoms with Crippen molar-refractivity contribution in [3.63, 3.8) is 0 Å². The first-order chi connectivity index (χ1) is 9.19. The predicted molar refractivity (Wildman–Crippen MR) is 74.1 cm³/mol. The maximum atomic E-state index is 12.0. The minimum Gasteiger partial charge on any atom is -0.392 e. The number of nitrogens with zero attached hydrogens (tertiary/aromatic N) is 2. The van der Waals surface area contributed by atoms with Gasteiger partial charge < -0.3 is 10.1 Å². The van der Waals surface area contributed by atoms with Gasteiger partial charge in [0.25, 0.3) is 5.56 Å². The number of hydrogen-bond donors (Lipinski definition) is 2. The lowest BCUT2D eigenvalue weighted by Crippen LogP contribution is -2.09. The Balaban J connectivity index is 2.22. The van der Waals surface area contributed by atoms with Gasteiger partial charge in [-0.3, -0.25) is 9.78 Å². The van der Waals surface area contributed by atoms with Crippen molar-refractivity contribution in [2.24, 2.45) is 0 Å². The molecule has 3 aromatic heterocycles. The second-order valence-electron chi connectivity index (χ2n) is 4.22. The van der Waals surface area contributed by atoms with Gasteiger partial charge in [-0.05, 0) is 35.6 Å². The fourth-order valence-corrected chi connectivity index (χ4v) is 2.83. The summed E-state index contributed by atoms with van der Waals surface area (Å²) in [5.74, 6) is 0.426. The zero-order chi connectivity index (χ0) is 13.4. The van der Waals surface area contributed by atoms with E-state index in [4.69, 9.17) is 5.11 Å². The minimum absolute atomic E-state index is 0.0693. The highest BCUT2D eigenvalue weighted by Crippen LogP contribution is 2.22. The number of rotatable bonds is 2. The number of hydrogen-bond acceptors (Lipinski definition) is 5. The Hall–Kier alpha value is -2.05. The Morgan fingerprint density at radius 3 is 3.11 bits per heavy atom. The molecule has 0 fully saturated rings. The first-order valence-corrected chi connectivity index (χ1v) is 6.61. The van der Waals surface area contributed by atoms with E-state index in [0.29, 0.717) is 21.7 Å². The van der Waals surface area contributed by atoms with Gasteiger partial charge in [-0.2, -0.15) is 0 Å². The van der Waals surface area contributed by atoms with Gasteiger partial charge in [-0.15, -0.1) is 11.3 Å². The highest BCUT2D eigenvalue weighted by atomic mass is 32.1. The highest BCUT2D eigenvalue weighted by Gasteiger charge is 2.10. The van der Waals surface area contributed by atoms with E-state index < -0.39 is 0 Å². The molecular weight excluding hydrogens is 262 g/mol. The number of thiophene rings is 1. The molecule has 0 aromatic carbocycles. The van der Waals surface area contributed by atoms with E-state index in [0.717, 1.165) is 11.1 Å². The maximum Gasteiger partial charge on any atom is 0.260 e. The number of aromatic nitrogens is 3. The summed E-state index contributed by atoms with van der Waals surface area (Å²) in [6, 6.07) is 3.43. The molecule has 0 amide bonds. The number of aliphatic hydroxyl groups excluding tert-OH is 1. The molecule has 0 radical (unpaired) electrons. The lowest BCUT2D eigenvalue weighted by atomic mass is 10.2. The fraction of sp³-hybridized carbons (Fsp3) is 0.154. The van der Waals surface area contributed by atoms with Crippen molar-refractivity contribution in [2.75, 3.05) is 0 Å². The van der Waals surface area contributed by atoms with Crippen LogP contribution in [-0.4, -0.2) is 20.1 Å². The van der Waals surface area contributed by atoms with Crippen molar-refractivity contribution in [1.29, 1.82) is 0 Å². The van der Waals surface area contributed by atoms with Crippen LogP contribution in [0.2, 0.25) is 0 Å². The second-order valence-corrected chi connectivity index (χ2v) is 5.08. The SMILES string of the molecule is Cc1csc2nc(-c3cc(CO)ccn3)[nH]c(=O)c12. The van der Waals surface area contributed by atoms with Crippen molar-refractivity contribution in [1.82, 2.24) is 15.0 Å². The van der Waals surface area contributed by atoms with Gasteiger partial charge in [0, 0.05) is 6.20 Å². The lowest BCUT2D eigenvalue weighted by molar-refractivity contribution is 0.282. The van der Waals surface area contributed by atoms with Crippen LogP contribution in [0.5, 0.6) is 0 Å². The molecule has 0 saturated heterocycles. The number of aromatic amines is 1. The predicted octanol–water partition coefficient (Wildman–Crippen LogP) is 1.85. The van der Waals surface area contributed by atoms with Crippen LogP contribution in [0.25, 0.3) is 21.7 Å². The molecule has 3 heterocycles. The van der Waals surface area contributed by atoms with Crippen molar-refractivity contribution in [3.05, 3.63) is 45.2 Å². The topological polar surface area (TPSA) is 78.9 Å². The summed E-state index contributed by atoms with van der Waals surface area (Å²) in [5.41, 5.74) is 2.05. The Labute approximate surface area is 112 Å². The summed E-state index contributed by atoms with van der Waals surface area (Å²) in [6.45, 7) is 1.82. The highest BCUT2D eigenvalue weighted by molar-refractivity contribution is 7.16. The normalized spacial score (nSPS) is 11.1. The molecule has 0 bridgehead atoms. The zero-order valence-corrected chi connectivity index (χ0v) is 11.0. The largest absolute Gasteiger partial charge is 0.392 e. The third-order valence-electron chi connectivity index (χ3n) is 2.88. The maximum absolute atomic E-state index is 12.0. The van der Waals surface area contributed by atoms with Crippen molar-refractivity contribution in [2.45, 2.75) is 13.5 Å². The van der Waals surface area contributed by atoms with Crippen molar-refractivity contribution >= 4 is 21.6 Å². The Morgan fingerprint density at radius 1 is 1.47 bits per heavy atom. The molecule has 0 spiro atoms. The second kappa shape index (κ2) is 4.56. The average Bonchev–Trinajstić information content (AvgIpc) is 2.81. The smallest absolute Gasteiger partial charge is 0.260 e. The van der Waals surface area contributed by atoms with Crippen molar-refractivity contribution < 1.29 is 5.11 Å². The van der Waals surface area contributed by atoms with Crippen LogP contribution in [0.3, 0.4) is 0 Å². The first kappa shape index (κ1) is 12.0.